The third kappa shape index (κ3) is 2.38. The molecule has 0 aromatic carbocycles. The SMILES string of the molecule is CN1CCN(C2C=CN=C([AsH2])N2C2CCC2)CC1. The van der Waals surface area contributed by atoms with Gasteiger partial charge in [-0.1, -0.05) is 0 Å². The van der Waals surface area contributed by atoms with Crippen molar-refractivity contribution in [1.82, 2.24) is 14.7 Å². The van der Waals surface area contributed by atoms with Crippen LogP contribution in [0.1, 0.15) is 19.3 Å². The molecule has 1 saturated heterocycles. The van der Waals surface area contributed by atoms with Crippen LogP contribution in [0.3, 0.4) is 0 Å². The molecule has 0 aromatic rings. The van der Waals surface area contributed by atoms with Gasteiger partial charge in [0.25, 0.3) is 0 Å². The molecule has 0 bridgehead atoms. The summed E-state index contributed by atoms with van der Waals surface area (Å²) in [7, 11) is 2.22. The van der Waals surface area contributed by atoms with Crippen molar-refractivity contribution < 1.29 is 0 Å². The summed E-state index contributed by atoms with van der Waals surface area (Å²) in [6.45, 7) is 4.72. The van der Waals surface area contributed by atoms with Crippen LogP contribution in [0.5, 0.6) is 0 Å². The number of aliphatic imine (C=N–C) groups is 1. The molecule has 1 aliphatic carbocycles. The molecule has 3 rings (SSSR count). The van der Waals surface area contributed by atoms with E-state index in [2.05, 4.69) is 32.8 Å². The molecule has 2 atom stereocenters. The zero-order valence-corrected chi connectivity index (χ0v) is 13.5. The molecule has 2 heterocycles. The maximum atomic E-state index is 4.53. The first-order valence-electron chi connectivity index (χ1n) is 6.96. The van der Waals surface area contributed by atoms with Gasteiger partial charge in [-0.05, 0) is 0 Å². The van der Waals surface area contributed by atoms with E-state index in [0.717, 1.165) is 6.04 Å². The molecular weight excluding hydrogens is 287 g/mol. The quantitative estimate of drug-likeness (QED) is 0.667. The van der Waals surface area contributed by atoms with Crippen LogP contribution in [0.25, 0.3) is 0 Å². The van der Waals surface area contributed by atoms with E-state index in [1.54, 1.807) is 16.9 Å². The van der Waals surface area contributed by atoms with Crippen LogP contribution in [-0.4, -0.2) is 81.6 Å². The molecule has 2 aliphatic heterocycles. The summed E-state index contributed by atoms with van der Waals surface area (Å²) in [6.07, 6.45) is 8.84. The van der Waals surface area contributed by atoms with Gasteiger partial charge in [0.15, 0.2) is 0 Å². The fourth-order valence-electron chi connectivity index (χ4n) is 2.94. The first kappa shape index (κ1) is 12.7. The molecule has 2 unspecified atom stereocenters. The van der Waals surface area contributed by atoms with E-state index in [4.69, 9.17) is 0 Å². The van der Waals surface area contributed by atoms with E-state index < -0.39 is 0 Å². The van der Waals surface area contributed by atoms with E-state index in [1.807, 2.05) is 6.20 Å². The van der Waals surface area contributed by atoms with Crippen LogP contribution in [-0.2, 0) is 0 Å². The second-order valence-corrected chi connectivity index (χ2v) is 6.66. The molecule has 1 saturated carbocycles. The summed E-state index contributed by atoms with van der Waals surface area (Å²) in [5.41, 5.74) is 0. The number of rotatable bonds is 2. The summed E-state index contributed by atoms with van der Waals surface area (Å²) < 4.78 is 1.26. The summed E-state index contributed by atoms with van der Waals surface area (Å²) in [5.74, 6) is 0. The summed E-state index contributed by atoms with van der Waals surface area (Å²) >= 11 is 1.66. The summed E-state index contributed by atoms with van der Waals surface area (Å²) in [6, 6.07) is 0.741. The molecule has 2 fully saturated rings. The molecule has 0 spiro atoms. The predicted molar refractivity (Wildman–Crippen MR) is 77.5 cm³/mol. The first-order valence-corrected chi connectivity index (χ1v) is 8.18. The number of hydrogen-bond acceptors (Lipinski definition) is 4. The molecular formula is C13H23AsN4. The average Bonchev–Trinajstić information content (AvgIpc) is 2.31. The third-order valence-corrected chi connectivity index (χ3v) is 5.33. The molecule has 18 heavy (non-hydrogen) atoms. The van der Waals surface area contributed by atoms with E-state index in [9.17, 15) is 0 Å². The van der Waals surface area contributed by atoms with Gasteiger partial charge in [0, 0.05) is 0 Å². The molecule has 4 nitrogen and oxygen atoms in total. The van der Waals surface area contributed by atoms with Crippen LogP contribution >= 0.6 is 0 Å². The van der Waals surface area contributed by atoms with Crippen molar-refractivity contribution in [2.24, 2.45) is 4.99 Å². The van der Waals surface area contributed by atoms with Gasteiger partial charge in [0.05, 0.1) is 0 Å². The minimum absolute atomic E-state index is 0.461. The Morgan fingerprint density at radius 1 is 1.22 bits per heavy atom. The molecule has 0 amide bonds. The summed E-state index contributed by atoms with van der Waals surface area (Å²) in [5, 5.41) is 0. The fourth-order valence-corrected chi connectivity index (χ4v) is 3.89. The average molecular weight is 310 g/mol. The maximum absolute atomic E-state index is 4.53. The van der Waals surface area contributed by atoms with Crippen molar-refractivity contribution in [3.8, 4) is 0 Å². The topological polar surface area (TPSA) is 22.1 Å². The number of nitrogens with zero attached hydrogens (tertiary/aromatic N) is 4. The van der Waals surface area contributed by atoms with Gasteiger partial charge >= 0.3 is 118 Å². The van der Waals surface area contributed by atoms with E-state index in [1.165, 1.54) is 50.1 Å². The molecule has 3 aliphatic rings. The van der Waals surface area contributed by atoms with E-state index >= 15 is 0 Å². The second kappa shape index (κ2) is 5.36. The van der Waals surface area contributed by atoms with Crippen molar-refractivity contribution in [1.29, 1.82) is 0 Å². The first-order chi connectivity index (χ1) is 8.75. The van der Waals surface area contributed by atoms with E-state index in [-0.39, 0.29) is 0 Å². The van der Waals surface area contributed by atoms with Gasteiger partial charge in [-0.2, -0.15) is 0 Å². The number of hydrogen-bond donors (Lipinski definition) is 0. The number of piperazine rings is 1. The Morgan fingerprint density at radius 3 is 2.56 bits per heavy atom. The monoisotopic (exact) mass is 310 g/mol. The predicted octanol–water partition coefficient (Wildman–Crippen LogP) is -0.0692. The van der Waals surface area contributed by atoms with Crippen molar-refractivity contribution in [3.63, 3.8) is 0 Å². The number of likely N-dealkylation sites (N-methyl/N-ethyl adjacent to an activating group) is 1. The van der Waals surface area contributed by atoms with Crippen molar-refractivity contribution >= 4 is 21.5 Å². The van der Waals surface area contributed by atoms with E-state index in [0.29, 0.717) is 6.17 Å². The van der Waals surface area contributed by atoms with Crippen molar-refractivity contribution in [2.75, 3.05) is 33.2 Å². The van der Waals surface area contributed by atoms with Crippen molar-refractivity contribution in [3.05, 3.63) is 12.3 Å². The van der Waals surface area contributed by atoms with Gasteiger partial charge in [0.1, 0.15) is 0 Å². The Labute approximate surface area is 118 Å². The Hall–Kier alpha value is -0.312. The van der Waals surface area contributed by atoms with Crippen LogP contribution in [0.4, 0.5) is 0 Å². The fraction of sp³-hybridized carbons (Fsp3) is 0.769. The normalized spacial score (nSPS) is 31.3. The van der Waals surface area contributed by atoms with Crippen LogP contribution in [0.2, 0.25) is 0 Å². The molecule has 5 heteroatoms. The number of amidine groups is 1. The Bertz CT molecular complexity index is 356. The van der Waals surface area contributed by atoms with Gasteiger partial charge in [-0.15, -0.1) is 0 Å². The van der Waals surface area contributed by atoms with Crippen molar-refractivity contribution in [2.45, 2.75) is 31.5 Å². The van der Waals surface area contributed by atoms with Gasteiger partial charge in [-0.25, -0.2) is 0 Å². The van der Waals surface area contributed by atoms with Crippen LogP contribution in [0.15, 0.2) is 17.3 Å². The zero-order valence-electron chi connectivity index (χ0n) is 11.1. The van der Waals surface area contributed by atoms with Gasteiger partial charge in [-0.3, -0.25) is 0 Å². The van der Waals surface area contributed by atoms with Crippen LogP contribution < -0.4 is 0 Å². The molecule has 0 aromatic heterocycles. The molecule has 0 N–H and O–H groups in total. The standard InChI is InChI=1S/C13H23AsN4/c1-16-7-9-17(10-8-16)12-5-6-15-13(14)18(12)11-3-2-4-11/h5-6,11-12H,2-4,7-10,14H2,1H3. The minimum atomic E-state index is 0.461. The van der Waals surface area contributed by atoms with Crippen LogP contribution in [0, 0.1) is 0 Å². The van der Waals surface area contributed by atoms with Gasteiger partial charge in [0.2, 0.25) is 0 Å². The van der Waals surface area contributed by atoms with Gasteiger partial charge < -0.3 is 0 Å². The third-order valence-electron chi connectivity index (χ3n) is 4.39. The second-order valence-electron chi connectivity index (χ2n) is 5.57. The molecule has 100 valence electrons. The Morgan fingerprint density at radius 2 is 1.94 bits per heavy atom. The Kier molecular flexibility index (Phi) is 3.78. The summed E-state index contributed by atoms with van der Waals surface area (Å²) in [4.78, 5) is 12.1. The zero-order chi connectivity index (χ0) is 12.5. The molecule has 0 radical (unpaired) electrons. The Balaban J connectivity index is 1.72.